The van der Waals surface area contributed by atoms with Crippen molar-refractivity contribution in [1.29, 1.82) is 0 Å². The lowest BCUT2D eigenvalue weighted by Gasteiger charge is -2.07. The summed E-state index contributed by atoms with van der Waals surface area (Å²) in [5.74, 6) is 0.286. The van der Waals surface area contributed by atoms with Gasteiger partial charge in [0.15, 0.2) is 5.69 Å². The molecule has 106 valence electrons. The first-order chi connectivity index (χ1) is 9.55. The SMILES string of the molecule is CCn1cc(N)c(C(=O)Nc2ccc(Br)c(OC)c2)n1. The van der Waals surface area contributed by atoms with E-state index < -0.39 is 0 Å². The first kappa shape index (κ1) is 14.4. The van der Waals surface area contributed by atoms with Gasteiger partial charge in [-0.3, -0.25) is 9.48 Å². The van der Waals surface area contributed by atoms with Gasteiger partial charge in [-0.15, -0.1) is 0 Å². The lowest BCUT2D eigenvalue weighted by molar-refractivity contribution is 0.102. The van der Waals surface area contributed by atoms with Crippen LogP contribution in [0, 0.1) is 0 Å². The van der Waals surface area contributed by atoms with Crippen LogP contribution >= 0.6 is 15.9 Å². The van der Waals surface area contributed by atoms with E-state index in [1.165, 1.54) is 0 Å². The van der Waals surface area contributed by atoms with E-state index in [4.69, 9.17) is 10.5 Å². The van der Waals surface area contributed by atoms with Crippen molar-refractivity contribution in [3.63, 3.8) is 0 Å². The number of carbonyl (C=O) groups is 1. The van der Waals surface area contributed by atoms with Crippen LogP contribution in [0.2, 0.25) is 0 Å². The topological polar surface area (TPSA) is 82.2 Å². The first-order valence-corrected chi connectivity index (χ1v) is 6.82. The molecule has 0 spiro atoms. The number of nitrogens with zero attached hydrogens (tertiary/aromatic N) is 2. The molecule has 1 amide bonds. The molecule has 3 N–H and O–H groups in total. The maximum absolute atomic E-state index is 12.1. The lowest BCUT2D eigenvalue weighted by atomic mass is 10.3. The van der Waals surface area contributed by atoms with E-state index in [2.05, 4.69) is 26.3 Å². The molecule has 6 nitrogen and oxygen atoms in total. The Morgan fingerprint density at radius 3 is 2.90 bits per heavy atom. The normalized spacial score (nSPS) is 10.3. The predicted octanol–water partition coefficient (Wildman–Crippen LogP) is 2.51. The number of carbonyl (C=O) groups excluding carboxylic acids is 1. The molecule has 1 aromatic carbocycles. The molecule has 0 aliphatic heterocycles. The third-order valence-electron chi connectivity index (χ3n) is 2.74. The molecule has 0 bridgehead atoms. The van der Waals surface area contributed by atoms with E-state index >= 15 is 0 Å². The fourth-order valence-corrected chi connectivity index (χ4v) is 2.11. The van der Waals surface area contributed by atoms with Gasteiger partial charge in [0.05, 0.1) is 17.3 Å². The molecule has 2 aromatic rings. The molecular formula is C13H15BrN4O2. The fraction of sp³-hybridized carbons (Fsp3) is 0.231. The number of anilines is 2. The van der Waals surface area contributed by atoms with Crippen LogP contribution in [-0.4, -0.2) is 22.8 Å². The summed E-state index contributed by atoms with van der Waals surface area (Å²) in [6.45, 7) is 2.58. The van der Waals surface area contributed by atoms with Crippen molar-refractivity contribution in [3.05, 3.63) is 34.6 Å². The summed E-state index contributed by atoms with van der Waals surface area (Å²) in [7, 11) is 1.56. The molecule has 0 saturated carbocycles. The number of nitrogens with two attached hydrogens (primary N) is 1. The quantitative estimate of drug-likeness (QED) is 0.897. The van der Waals surface area contributed by atoms with Crippen LogP contribution in [0.4, 0.5) is 11.4 Å². The second-order valence-electron chi connectivity index (χ2n) is 4.09. The van der Waals surface area contributed by atoms with E-state index in [1.807, 2.05) is 6.92 Å². The van der Waals surface area contributed by atoms with Crippen molar-refractivity contribution < 1.29 is 9.53 Å². The average molecular weight is 339 g/mol. The zero-order valence-electron chi connectivity index (χ0n) is 11.2. The number of ether oxygens (including phenoxy) is 1. The molecule has 0 saturated heterocycles. The number of hydrogen-bond donors (Lipinski definition) is 2. The molecule has 1 aromatic heterocycles. The van der Waals surface area contributed by atoms with Crippen molar-refractivity contribution in [2.24, 2.45) is 0 Å². The molecule has 2 rings (SSSR count). The van der Waals surface area contributed by atoms with Crippen LogP contribution in [0.3, 0.4) is 0 Å². The molecular weight excluding hydrogens is 324 g/mol. The maximum Gasteiger partial charge on any atom is 0.278 e. The van der Waals surface area contributed by atoms with Gasteiger partial charge in [0.25, 0.3) is 5.91 Å². The van der Waals surface area contributed by atoms with Crippen molar-refractivity contribution in [2.45, 2.75) is 13.5 Å². The molecule has 0 aliphatic carbocycles. The third kappa shape index (κ3) is 2.93. The molecule has 0 fully saturated rings. The minimum Gasteiger partial charge on any atom is -0.495 e. The number of nitrogens with one attached hydrogen (secondary N) is 1. The van der Waals surface area contributed by atoms with Crippen LogP contribution in [-0.2, 0) is 6.54 Å². The van der Waals surface area contributed by atoms with Crippen LogP contribution in [0.25, 0.3) is 0 Å². The van der Waals surface area contributed by atoms with Gasteiger partial charge in [-0.2, -0.15) is 5.10 Å². The predicted molar refractivity (Wildman–Crippen MR) is 81.0 cm³/mol. The van der Waals surface area contributed by atoms with Crippen molar-refractivity contribution in [1.82, 2.24) is 9.78 Å². The number of hydrogen-bond acceptors (Lipinski definition) is 4. The fourth-order valence-electron chi connectivity index (χ4n) is 1.70. The second-order valence-corrected chi connectivity index (χ2v) is 4.95. The van der Waals surface area contributed by atoms with Gasteiger partial charge < -0.3 is 15.8 Å². The number of rotatable bonds is 4. The number of aromatic nitrogens is 2. The highest BCUT2D eigenvalue weighted by Crippen LogP contribution is 2.28. The van der Waals surface area contributed by atoms with E-state index in [0.29, 0.717) is 23.7 Å². The maximum atomic E-state index is 12.1. The van der Waals surface area contributed by atoms with Crippen molar-refractivity contribution in [2.75, 3.05) is 18.2 Å². The number of amides is 1. The number of nitrogen functional groups attached to an aromatic ring is 1. The smallest absolute Gasteiger partial charge is 0.278 e. The van der Waals surface area contributed by atoms with E-state index in [-0.39, 0.29) is 11.6 Å². The van der Waals surface area contributed by atoms with Gasteiger partial charge in [-0.05, 0) is 35.0 Å². The zero-order chi connectivity index (χ0) is 14.7. The Morgan fingerprint density at radius 2 is 2.30 bits per heavy atom. The molecule has 0 atom stereocenters. The Morgan fingerprint density at radius 1 is 1.55 bits per heavy atom. The molecule has 7 heteroatoms. The standard InChI is InChI=1S/C13H15BrN4O2/c1-3-18-7-10(15)12(17-18)13(19)16-8-4-5-9(14)11(6-8)20-2/h4-7H,3,15H2,1-2H3,(H,16,19). The van der Waals surface area contributed by atoms with Gasteiger partial charge in [-0.1, -0.05) is 0 Å². The number of benzene rings is 1. The molecule has 1 heterocycles. The number of aryl methyl sites for hydroxylation is 1. The van der Waals surface area contributed by atoms with Crippen LogP contribution in [0.15, 0.2) is 28.9 Å². The number of methoxy groups -OCH3 is 1. The highest BCUT2D eigenvalue weighted by molar-refractivity contribution is 9.10. The van der Waals surface area contributed by atoms with Crippen LogP contribution in [0.5, 0.6) is 5.75 Å². The zero-order valence-corrected chi connectivity index (χ0v) is 12.8. The van der Waals surface area contributed by atoms with Gasteiger partial charge in [0, 0.05) is 24.5 Å². The average Bonchev–Trinajstić information content (AvgIpc) is 2.82. The monoisotopic (exact) mass is 338 g/mol. The summed E-state index contributed by atoms with van der Waals surface area (Å²) in [5, 5.41) is 6.87. The summed E-state index contributed by atoms with van der Waals surface area (Å²) >= 11 is 3.35. The first-order valence-electron chi connectivity index (χ1n) is 6.03. The summed E-state index contributed by atoms with van der Waals surface area (Å²) in [4.78, 5) is 12.1. The third-order valence-corrected chi connectivity index (χ3v) is 3.39. The lowest BCUT2D eigenvalue weighted by Crippen LogP contribution is -2.14. The molecule has 0 aliphatic rings. The Balaban J connectivity index is 2.20. The highest BCUT2D eigenvalue weighted by atomic mass is 79.9. The Labute approximate surface area is 125 Å². The Kier molecular flexibility index (Phi) is 4.29. The van der Waals surface area contributed by atoms with E-state index in [1.54, 1.807) is 36.2 Å². The largest absolute Gasteiger partial charge is 0.495 e. The van der Waals surface area contributed by atoms with Gasteiger partial charge >= 0.3 is 0 Å². The van der Waals surface area contributed by atoms with E-state index in [9.17, 15) is 4.79 Å². The molecule has 0 radical (unpaired) electrons. The van der Waals surface area contributed by atoms with Crippen LogP contribution < -0.4 is 15.8 Å². The highest BCUT2D eigenvalue weighted by Gasteiger charge is 2.15. The van der Waals surface area contributed by atoms with E-state index in [0.717, 1.165) is 4.47 Å². The van der Waals surface area contributed by atoms with Crippen molar-refractivity contribution in [3.8, 4) is 5.75 Å². The summed E-state index contributed by atoms with van der Waals surface area (Å²) in [6.07, 6.45) is 1.64. The minimum absolute atomic E-state index is 0.216. The minimum atomic E-state index is -0.348. The summed E-state index contributed by atoms with van der Waals surface area (Å²) < 4.78 is 7.61. The second kappa shape index (κ2) is 5.96. The Hall–Kier alpha value is -2.02. The summed E-state index contributed by atoms with van der Waals surface area (Å²) in [6, 6.07) is 5.27. The molecule has 0 unspecified atom stereocenters. The van der Waals surface area contributed by atoms with Gasteiger partial charge in [-0.25, -0.2) is 0 Å². The van der Waals surface area contributed by atoms with Gasteiger partial charge in [0.1, 0.15) is 5.75 Å². The van der Waals surface area contributed by atoms with Gasteiger partial charge in [0.2, 0.25) is 0 Å². The Bertz CT molecular complexity index is 639. The van der Waals surface area contributed by atoms with Crippen molar-refractivity contribution >= 4 is 33.2 Å². The number of halogens is 1. The molecule has 20 heavy (non-hydrogen) atoms. The summed E-state index contributed by atoms with van der Waals surface area (Å²) in [5.41, 5.74) is 6.96. The van der Waals surface area contributed by atoms with Crippen LogP contribution in [0.1, 0.15) is 17.4 Å².